The molecule has 0 saturated carbocycles. The van der Waals surface area contributed by atoms with Crippen LogP contribution in [-0.2, 0) is 0 Å². The molecule has 0 unspecified atom stereocenters. The number of rotatable bonds is 4. The molecule has 0 aromatic heterocycles. The van der Waals surface area contributed by atoms with Crippen LogP contribution in [0.5, 0.6) is 5.75 Å². The third-order valence-corrected chi connectivity index (χ3v) is 3.67. The molecule has 2 aromatic carbocycles. The van der Waals surface area contributed by atoms with E-state index in [9.17, 15) is 4.79 Å². The van der Waals surface area contributed by atoms with Crippen LogP contribution in [0.15, 0.2) is 42.5 Å². The van der Waals surface area contributed by atoms with Gasteiger partial charge in [0.05, 0.1) is 22.4 Å². The van der Waals surface area contributed by atoms with Gasteiger partial charge in [0.15, 0.2) is 5.11 Å². The molecule has 0 spiro atoms. The van der Waals surface area contributed by atoms with Crippen molar-refractivity contribution in [2.75, 3.05) is 5.32 Å². The summed E-state index contributed by atoms with van der Waals surface area (Å²) < 4.78 is 5.64. The van der Waals surface area contributed by atoms with Crippen molar-refractivity contribution in [3.63, 3.8) is 0 Å². The van der Waals surface area contributed by atoms with Crippen molar-refractivity contribution in [1.82, 2.24) is 5.32 Å². The van der Waals surface area contributed by atoms with E-state index in [0.717, 1.165) is 0 Å². The molecule has 2 N–H and O–H groups in total. The Morgan fingerprint density at radius 1 is 1.17 bits per heavy atom. The van der Waals surface area contributed by atoms with Gasteiger partial charge in [-0.15, -0.1) is 0 Å². The lowest BCUT2D eigenvalue weighted by atomic mass is 10.2. The number of thiocarbonyl (C=S) groups is 1. The molecule has 2 aromatic rings. The lowest BCUT2D eigenvalue weighted by molar-refractivity contribution is 0.0972. The first-order valence-electron chi connectivity index (χ1n) is 7.20. The summed E-state index contributed by atoms with van der Waals surface area (Å²) in [5.41, 5.74) is 0.911. The number of para-hydroxylation sites is 1. The summed E-state index contributed by atoms with van der Waals surface area (Å²) in [5, 5.41) is 6.52. The molecule has 0 fully saturated rings. The van der Waals surface area contributed by atoms with Crippen LogP contribution in [0.25, 0.3) is 0 Å². The number of anilines is 1. The zero-order valence-electron chi connectivity index (χ0n) is 13.1. The first kappa shape index (κ1) is 18.5. The Bertz CT molecular complexity index is 766. The molecule has 4 nitrogen and oxygen atoms in total. The molecule has 0 aliphatic carbocycles. The summed E-state index contributed by atoms with van der Waals surface area (Å²) in [7, 11) is 0. The minimum atomic E-state index is -0.373. The summed E-state index contributed by atoms with van der Waals surface area (Å²) in [5.74, 6) is 0.121. The highest BCUT2D eigenvalue weighted by molar-refractivity contribution is 7.80. The van der Waals surface area contributed by atoms with Crippen molar-refractivity contribution in [1.29, 1.82) is 0 Å². The standard InChI is InChI=1S/C17H16Cl2N2O2S/c1-10(2)23-15-6-4-3-5-12(15)16(22)21-17(24)20-14-9-11(18)7-8-13(14)19/h3-10H,1-2H3,(H2,20,21,22,24). The Hall–Kier alpha value is -1.82. The zero-order valence-corrected chi connectivity index (χ0v) is 15.4. The molecule has 0 bridgehead atoms. The van der Waals surface area contributed by atoms with E-state index in [0.29, 0.717) is 27.0 Å². The molecule has 0 aliphatic heterocycles. The van der Waals surface area contributed by atoms with Crippen molar-refractivity contribution in [3.8, 4) is 5.75 Å². The molecular formula is C17H16Cl2N2O2S. The zero-order chi connectivity index (χ0) is 17.7. The molecule has 126 valence electrons. The van der Waals surface area contributed by atoms with Gasteiger partial charge in [-0.3, -0.25) is 10.1 Å². The SMILES string of the molecule is CC(C)Oc1ccccc1C(=O)NC(=S)Nc1cc(Cl)ccc1Cl. The quantitative estimate of drug-likeness (QED) is 0.737. The Kier molecular flexibility index (Phi) is 6.43. The van der Waals surface area contributed by atoms with Crippen LogP contribution in [0, 0.1) is 0 Å². The molecule has 1 amide bonds. The van der Waals surface area contributed by atoms with E-state index in [-0.39, 0.29) is 17.1 Å². The molecule has 0 saturated heterocycles. The minimum Gasteiger partial charge on any atom is -0.490 e. The number of nitrogens with one attached hydrogen (secondary N) is 2. The maximum absolute atomic E-state index is 12.4. The summed E-state index contributed by atoms with van der Waals surface area (Å²) in [6.45, 7) is 3.78. The molecule has 7 heteroatoms. The van der Waals surface area contributed by atoms with Gasteiger partial charge < -0.3 is 10.1 Å². The highest BCUT2D eigenvalue weighted by Gasteiger charge is 2.15. The van der Waals surface area contributed by atoms with Gasteiger partial charge in [-0.2, -0.15) is 0 Å². The van der Waals surface area contributed by atoms with Gasteiger partial charge in [0.25, 0.3) is 5.91 Å². The number of hydrogen-bond donors (Lipinski definition) is 2. The predicted octanol–water partition coefficient (Wildman–Crippen LogP) is 4.91. The number of halogens is 2. The normalized spacial score (nSPS) is 10.4. The number of hydrogen-bond acceptors (Lipinski definition) is 3. The maximum Gasteiger partial charge on any atom is 0.261 e. The van der Waals surface area contributed by atoms with E-state index in [2.05, 4.69) is 10.6 Å². The summed E-state index contributed by atoms with van der Waals surface area (Å²) in [6.07, 6.45) is -0.0470. The summed E-state index contributed by atoms with van der Waals surface area (Å²) >= 11 is 17.1. The van der Waals surface area contributed by atoms with Gasteiger partial charge in [0, 0.05) is 5.02 Å². The first-order chi connectivity index (χ1) is 11.4. The van der Waals surface area contributed by atoms with Crippen molar-refractivity contribution in [2.24, 2.45) is 0 Å². The second-order valence-corrected chi connectivity index (χ2v) is 6.45. The minimum absolute atomic E-state index is 0.0470. The molecule has 24 heavy (non-hydrogen) atoms. The molecule has 0 aliphatic rings. The summed E-state index contributed by atoms with van der Waals surface area (Å²) in [4.78, 5) is 12.4. The largest absolute Gasteiger partial charge is 0.490 e. The Balaban J connectivity index is 2.09. The van der Waals surface area contributed by atoms with Crippen LogP contribution < -0.4 is 15.4 Å². The molecule has 0 radical (unpaired) electrons. The number of amides is 1. The van der Waals surface area contributed by atoms with Gasteiger partial charge in [0.1, 0.15) is 5.75 Å². The van der Waals surface area contributed by atoms with E-state index in [1.807, 2.05) is 13.8 Å². The Morgan fingerprint density at radius 2 is 1.88 bits per heavy atom. The van der Waals surface area contributed by atoms with Gasteiger partial charge in [-0.05, 0) is 56.4 Å². The fourth-order valence-corrected chi connectivity index (χ4v) is 2.47. The highest BCUT2D eigenvalue weighted by Crippen LogP contribution is 2.25. The fourth-order valence-electron chi connectivity index (χ4n) is 1.93. The summed E-state index contributed by atoms with van der Waals surface area (Å²) in [6, 6.07) is 11.9. The van der Waals surface area contributed by atoms with Crippen LogP contribution in [0.2, 0.25) is 10.0 Å². The van der Waals surface area contributed by atoms with E-state index < -0.39 is 0 Å². The number of carbonyl (C=O) groups excluding carboxylic acids is 1. The van der Waals surface area contributed by atoms with Crippen molar-refractivity contribution in [2.45, 2.75) is 20.0 Å². The van der Waals surface area contributed by atoms with Crippen molar-refractivity contribution in [3.05, 3.63) is 58.1 Å². The third kappa shape index (κ3) is 5.09. The van der Waals surface area contributed by atoms with Gasteiger partial charge in [-0.25, -0.2) is 0 Å². The third-order valence-electron chi connectivity index (χ3n) is 2.90. The Morgan fingerprint density at radius 3 is 2.58 bits per heavy atom. The first-order valence-corrected chi connectivity index (χ1v) is 8.36. The molecule has 0 heterocycles. The van der Waals surface area contributed by atoms with Crippen LogP contribution in [0.1, 0.15) is 24.2 Å². The van der Waals surface area contributed by atoms with Crippen LogP contribution in [0.4, 0.5) is 5.69 Å². The molecule has 0 atom stereocenters. The van der Waals surface area contributed by atoms with Crippen LogP contribution >= 0.6 is 35.4 Å². The average molecular weight is 383 g/mol. The number of ether oxygens (including phenoxy) is 1. The van der Waals surface area contributed by atoms with E-state index in [1.54, 1.807) is 42.5 Å². The van der Waals surface area contributed by atoms with Crippen molar-refractivity contribution >= 4 is 52.1 Å². The van der Waals surface area contributed by atoms with Gasteiger partial charge in [-0.1, -0.05) is 35.3 Å². The lowest BCUT2D eigenvalue weighted by Gasteiger charge is -2.15. The second kappa shape index (κ2) is 8.33. The fraction of sp³-hybridized carbons (Fsp3) is 0.176. The van der Waals surface area contributed by atoms with Gasteiger partial charge >= 0.3 is 0 Å². The van der Waals surface area contributed by atoms with Gasteiger partial charge in [0.2, 0.25) is 0 Å². The van der Waals surface area contributed by atoms with Crippen molar-refractivity contribution < 1.29 is 9.53 Å². The maximum atomic E-state index is 12.4. The van der Waals surface area contributed by atoms with Crippen LogP contribution in [-0.4, -0.2) is 17.1 Å². The molecular weight excluding hydrogens is 367 g/mol. The second-order valence-electron chi connectivity index (χ2n) is 5.20. The van der Waals surface area contributed by atoms with E-state index >= 15 is 0 Å². The highest BCUT2D eigenvalue weighted by atomic mass is 35.5. The topological polar surface area (TPSA) is 50.4 Å². The van der Waals surface area contributed by atoms with E-state index in [4.69, 9.17) is 40.2 Å². The monoisotopic (exact) mass is 382 g/mol. The number of benzene rings is 2. The Labute approximate surface area is 156 Å². The molecule has 2 rings (SSSR count). The smallest absolute Gasteiger partial charge is 0.261 e. The van der Waals surface area contributed by atoms with Crippen LogP contribution in [0.3, 0.4) is 0 Å². The lowest BCUT2D eigenvalue weighted by Crippen LogP contribution is -2.34. The predicted molar refractivity (Wildman–Crippen MR) is 102 cm³/mol. The number of carbonyl (C=O) groups is 1. The average Bonchev–Trinajstić information content (AvgIpc) is 2.50. The van der Waals surface area contributed by atoms with E-state index in [1.165, 1.54) is 0 Å².